The van der Waals surface area contributed by atoms with Crippen LogP contribution in [-0.2, 0) is 6.54 Å². The second-order valence-corrected chi connectivity index (χ2v) is 5.14. The molecule has 2 aromatic rings. The van der Waals surface area contributed by atoms with Crippen LogP contribution in [0.2, 0.25) is 0 Å². The first-order chi connectivity index (χ1) is 8.70. The lowest BCUT2D eigenvalue weighted by Crippen LogP contribution is -2.23. The van der Waals surface area contributed by atoms with Crippen LogP contribution in [0.3, 0.4) is 0 Å². The zero-order valence-electron chi connectivity index (χ0n) is 9.64. The number of methoxy groups -OCH3 is 1. The van der Waals surface area contributed by atoms with Gasteiger partial charge in [-0.3, -0.25) is 4.79 Å². The standard InChI is InChI=1S/C12H11BrN2O2S/c1-17-11-4-8(13)2-3-10(11)12(16)14-5-9-6-18-7-15-9/h2-4,6-7H,5H2,1H3,(H,14,16). The molecule has 94 valence electrons. The lowest BCUT2D eigenvalue weighted by Gasteiger charge is -2.08. The van der Waals surface area contributed by atoms with E-state index < -0.39 is 0 Å². The van der Waals surface area contributed by atoms with Gasteiger partial charge in [-0.25, -0.2) is 4.98 Å². The van der Waals surface area contributed by atoms with E-state index in [1.54, 1.807) is 30.8 Å². The summed E-state index contributed by atoms with van der Waals surface area (Å²) >= 11 is 4.84. The fourth-order valence-electron chi connectivity index (χ4n) is 1.44. The molecule has 1 aromatic heterocycles. The van der Waals surface area contributed by atoms with Crippen LogP contribution in [0.4, 0.5) is 0 Å². The van der Waals surface area contributed by atoms with Crippen LogP contribution in [0.25, 0.3) is 0 Å². The number of hydrogen-bond donors (Lipinski definition) is 1. The second-order valence-electron chi connectivity index (χ2n) is 3.51. The Labute approximate surface area is 117 Å². The van der Waals surface area contributed by atoms with E-state index in [4.69, 9.17) is 4.74 Å². The molecule has 0 aliphatic rings. The minimum Gasteiger partial charge on any atom is -0.496 e. The Hall–Kier alpha value is -1.40. The molecule has 0 unspecified atom stereocenters. The Morgan fingerprint density at radius 1 is 1.56 bits per heavy atom. The van der Waals surface area contributed by atoms with Crippen LogP contribution in [0.1, 0.15) is 16.1 Å². The summed E-state index contributed by atoms with van der Waals surface area (Å²) in [5.41, 5.74) is 3.10. The van der Waals surface area contributed by atoms with E-state index in [1.165, 1.54) is 11.3 Å². The van der Waals surface area contributed by atoms with E-state index in [0.717, 1.165) is 10.2 Å². The van der Waals surface area contributed by atoms with Gasteiger partial charge in [-0.15, -0.1) is 11.3 Å². The molecular weight excluding hydrogens is 316 g/mol. The van der Waals surface area contributed by atoms with Crippen LogP contribution in [0.5, 0.6) is 5.75 Å². The van der Waals surface area contributed by atoms with Crippen molar-refractivity contribution in [3.63, 3.8) is 0 Å². The summed E-state index contributed by atoms with van der Waals surface area (Å²) in [5.74, 6) is 0.368. The number of carbonyl (C=O) groups excluding carboxylic acids is 1. The van der Waals surface area contributed by atoms with Crippen molar-refractivity contribution >= 4 is 33.2 Å². The number of thiazole rings is 1. The van der Waals surface area contributed by atoms with Crippen molar-refractivity contribution in [1.82, 2.24) is 10.3 Å². The average Bonchev–Trinajstić information content (AvgIpc) is 2.88. The molecule has 0 spiro atoms. The summed E-state index contributed by atoms with van der Waals surface area (Å²) in [6, 6.07) is 5.29. The van der Waals surface area contributed by atoms with Gasteiger partial charge < -0.3 is 10.1 Å². The predicted octanol–water partition coefficient (Wildman–Crippen LogP) is 2.84. The summed E-state index contributed by atoms with van der Waals surface area (Å²) in [4.78, 5) is 16.1. The van der Waals surface area contributed by atoms with Gasteiger partial charge in [-0.2, -0.15) is 0 Å². The Morgan fingerprint density at radius 3 is 3.06 bits per heavy atom. The average molecular weight is 327 g/mol. The van der Waals surface area contributed by atoms with Crippen molar-refractivity contribution in [3.05, 3.63) is 44.8 Å². The SMILES string of the molecule is COc1cc(Br)ccc1C(=O)NCc1cscn1. The molecule has 1 aromatic carbocycles. The minimum absolute atomic E-state index is 0.174. The number of aromatic nitrogens is 1. The van der Waals surface area contributed by atoms with Crippen LogP contribution in [-0.4, -0.2) is 18.0 Å². The Kier molecular flexibility index (Phi) is 4.33. The third-order valence-electron chi connectivity index (χ3n) is 2.32. The van der Waals surface area contributed by atoms with Crippen molar-refractivity contribution in [2.45, 2.75) is 6.54 Å². The van der Waals surface area contributed by atoms with Gasteiger partial charge in [0.25, 0.3) is 5.91 Å². The predicted molar refractivity (Wildman–Crippen MR) is 74.0 cm³/mol. The number of hydrogen-bond acceptors (Lipinski definition) is 4. The molecule has 18 heavy (non-hydrogen) atoms. The smallest absolute Gasteiger partial charge is 0.255 e. The summed E-state index contributed by atoms with van der Waals surface area (Å²) in [7, 11) is 1.54. The molecular formula is C12H11BrN2O2S. The monoisotopic (exact) mass is 326 g/mol. The summed E-state index contributed by atoms with van der Waals surface area (Å²) in [6.45, 7) is 0.418. The molecule has 0 aliphatic heterocycles. The topological polar surface area (TPSA) is 51.2 Å². The maximum atomic E-state index is 12.0. The van der Waals surface area contributed by atoms with Gasteiger partial charge in [-0.05, 0) is 18.2 Å². The molecule has 0 saturated carbocycles. The molecule has 0 atom stereocenters. The van der Waals surface area contributed by atoms with E-state index in [2.05, 4.69) is 26.2 Å². The van der Waals surface area contributed by atoms with Crippen molar-refractivity contribution in [1.29, 1.82) is 0 Å². The third-order valence-corrected chi connectivity index (χ3v) is 3.45. The highest BCUT2D eigenvalue weighted by molar-refractivity contribution is 9.10. The molecule has 0 saturated heterocycles. The summed E-state index contributed by atoms with van der Waals surface area (Å²) < 4.78 is 6.05. The molecule has 6 heteroatoms. The fourth-order valence-corrected chi connectivity index (χ4v) is 2.34. The number of nitrogens with zero attached hydrogens (tertiary/aromatic N) is 1. The third kappa shape index (κ3) is 3.08. The molecule has 1 amide bonds. The van der Waals surface area contributed by atoms with E-state index in [0.29, 0.717) is 17.9 Å². The highest BCUT2D eigenvalue weighted by Gasteiger charge is 2.12. The van der Waals surface area contributed by atoms with E-state index in [1.807, 2.05) is 5.38 Å². The van der Waals surface area contributed by atoms with E-state index in [-0.39, 0.29) is 5.91 Å². The van der Waals surface area contributed by atoms with Gasteiger partial charge in [0.1, 0.15) is 5.75 Å². The van der Waals surface area contributed by atoms with Crippen molar-refractivity contribution in [2.24, 2.45) is 0 Å². The second kappa shape index (κ2) is 5.97. The van der Waals surface area contributed by atoms with Gasteiger partial charge >= 0.3 is 0 Å². The molecule has 1 N–H and O–H groups in total. The number of halogens is 1. The quantitative estimate of drug-likeness (QED) is 0.939. The number of benzene rings is 1. The van der Waals surface area contributed by atoms with Crippen LogP contribution >= 0.6 is 27.3 Å². The highest BCUT2D eigenvalue weighted by Crippen LogP contribution is 2.23. The van der Waals surface area contributed by atoms with Crippen LogP contribution in [0.15, 0.2) is 33.6 Å². The molecule has 0 bridgehead atoms. The first-order valence-electron chi connectivity index (χ1n) is 5.19. The first-order valence-corrected chi connectivity index (χ1v) is 6.93. The number of carbonyl (C=O) groups is 1. The number of nitrogens with one attached hydrogen (secondary N) is 1. The van der Waals surface area contributed by atoms with Gasteiger partial charge in [-0.1, -0.05) is 15.9 Å². The Bertz CT molecular complexity index is 543. The molecule has 2 rings (SSSR count). The van der Waals surface area contributed by atoms with E-state index >= 15 is 0 Å². The first kappa shape index (κ1) is 13.0. The van der Waals surface area contributed by atoms with Crippen molar-refractivity contribution in [2.75, 3.05) is 7.11 Å². The fraction of sp³-hybridized carbons (Fsp3) is 0.167. The van der Waals surface area contributed by atoms with Crippen LogP contribution < -0.4 is 10.1 Å². The number of ether oxygens (including phenoxy) is 1. The Morgan fingerprint density at radius 2 is 2.39 bits per heavy atom. The zero-order valence-corrected chi connectivity index (χ0v) is 12.0. The largest absolute Gasteiger partial charge is 0.496 e. The molecule has 0 radical (unpaired) electrons. The van der Waals surface area contributed by atoms with Crippen molar-refractivity contribution in [3.8, 4) is 5.75 Å². The van der Waals surface area contributed by atoms with Crippen molar-refractivity contribution < 1.29 is 9.53 Å². The van der Waals surface area contributed by atoms with Gasteiger partial charge in [0.15, 0.2) is 0 Å². The van der Waals surface area contributed by atoms with Gasteiger partial charge in [0.05, 0.1) is 30.4 Å². The summed E-state index contributed by atoms with van der Waals surface area (Å²) in [5, 5.41) is 4.71. The maximum absolute atomic E-state index is 12.0. The van der Waals surface area contributed by atoms with Gasteiger partial charge in [0, 0.05) is 9.85 Å². The number of amides is 1. The molecule has 0 fully saturated rings. The Balaban J connectivity index is 2.09. The maximum Gasteiger partial charge on any atom is 0.255 e. The number of rotatable bonds is 4. The molecule has 1 heterocycles. The normalized spacial score (nSPS) is 10.1. The lowest BCUT2D eigenvalue weighted by atomic mass is 10.2. The highest BCUT2D eigenvalue weighted by atomic mass is 79.9. The molecule has 4 nitrogen and oxygen atoms in total. The molecule has 0 aliphatic carbocycles. The minimum atomic E-state index is -0.174. The van der Waals surface area contributed by atoms with Gasteiger partial charge in [0.2, 0.25) is 0 Å². The van der Waals surface area contributed by atoms with E-state index in [9.17, 15) is 4.79 Å². The zero-order chi connectivity index (χ0) is 13.0. The van der Waals surface area contributed by atoms with Crippen LogP contribution in [0, 0.1) is 0 Å². The summed E-state index contributed by atoms with van der Waals surface area (Å²) in [6.07, 6.45) is 0. The lowest BCUT2D eigenvalue weighted by molar-refractivity contribution is 0.0947.